The molecule has 0 saturated heterocycles. The van der Waals surface area contributed by atoms with Gasteiger partial charge in [-0.05, 0) is 57.8 Å². The SMILES string of the molecule is CCC/C=C/CC/C=C/C(O)C(CS(=O)(=O)O)NC(=O)CCCCCCCCCCC/C=C\C/C=C\CCCCC. The summed E-state index contributed by atoms with van der Waals surface area (Å²) in [5.41, 5.74) is 0. The van der Waals surface area contributed by atoms with Crippen molar-refractivity contribution in [2.75, 3.05) is 5.75 Å². The molecular formula is C34H61NO5S. The predicted octanol–water partition coefficient (Wildman–Crippen LogP) is 8.79. The molecule has 0 aromatic rings. The highest BCUT2D eigenvalue weighted by atomic mass is 32.2. The summed E-state index contributed by atoms with van der Waals surface area (Å²) in [5.74, 6) is -1.02. The summed E-state index contributed by atoms with van der Waals surface area (Å²) in [6.07, 6.45) is 36.9. The Balaban J connectivity index is 3.93. The van der Waals surface area contributed by atoms with E-state index >= 15 is 0 Å². The second-order valence-corrected chi connectivity index (χ2v) is 12.6. The van der Waals surface area contributed by atoms with Crippen LogP contribution in [0.4, 0.5) is 0 Å². The number of allylic oxidation sites excluding steroid dienone is 7. The predicted molar refractivity (Wildman–Crippen MR) is 175 cm³/mol. The van der Waals surface area contributed by atoms with E-state index in [1.54, 1.807) is 6.08 Å². The molecule has 0 saturated carbocycles. The first-order valence-corrected chi connectivity index (χ1v) is 17.9. The topological polar surface area (TPSA) is 104 Å². The summed E-state index contributed by atoms with van der Waals surface area (Å²) in [5, 5.41) is 13.0. The van der Waals surface area contributed by atoms with E-state index in [-0.39, 0.29) is 12.3 Å². The van der Waals surface area contributed by atoms with Crippen molar-refractivity contribution in [1.82, 2.24) is 5.32 Å². The molecule has 0 aliphatic rings. The van der Waals surface area contributed by atoms with Gasteiger partial charge in [0.25, 0.3) is 10.1 Å². The molecule has 0 bridgehead atoms. The number of amides is 1. The minimum atomic E-state index is -4.34. The van der Waals surface area contributed by atoms with Gasteiger partial charge >= 0.3 is 0 Å². The van der Waals surface area contributed by atoms with Crippen molar-refractivity contribution in [2.24, 2.45) is 0 Å². The fraction of sp³-hybridized carbons (Fsp3) is 0.735. The normalized spacial score (nSPS) is 14.1. The van der Waals surface area contributed by atoms with Crippen LogP contribution < -0.4 is 5.32 Å². The van der Waals surface area contributed by atoms with Gasteiger partial charge in [-0.1, -0.05) is 127 Å². The van der Waals surface area contributed by atoms with Gasteiger partial charge in [0.1, 0.15) is 0 Å². The number of nitrogens with one attached hydrogen (secondary N) is 1. The molecule has 2 unspecified atom stereocenters. The summed E-state index contributed by atoms with van der Waals surface area (Å²) >= 11 is 0. The van der Waals surface area contributed by atoms with Gasteiger partial charge < -0.3 is 10.4 Å². The largest absolute Gasteiger partial charge is 0.387 e. The zero-order valence-corrected chi connectivity index (χ0v) is 27.0. The molecule has 0 aromatic heterocycles. The van der Waals surface area contributed by atoms with Gasteiger partial charge in [0, 0.05) is 6.42 Å². The smallest absolute Gasteiger partial charge is 0.267 e. The number of aliphatic hydroxyl groups is 1. The molecule has 0 aliphatic carbocycles. The van der Waals surface area contributed by atoms with Gasteiger partial charge in [-0.2, -0.15) is 8.42 Å². The minimum absolute atomic E-state index is 0.281. The number of hydrogen-bond donors (Lipinski definition) is 3. The van der Waals surface area contributed by atoms with E-state index < -0.39 is 28.0 Å². The molecule has 0 aromatic carbocycles. The second-order valence-electron chi connectivity index (χ2n) is 11.1. The third kappa shape index (κ3) is 29.6. The zero-order chi connectivity index (χ0) is 30.4. The van der Waals surface area contributed by atoms with Crippen LogP contribution in [0.1, 0.15) is 142 Å². The van der Waals surface area contributed by atoms with Crippen LogP contribution in [0, 0.1) is 0 Å². The fourth-order valence-corrected chi connectivity index (χ4v) is 5.23. The van der Waals surface area contributed by atoms with Crippen LogP contribution in [0.25, 0.3) is 0 Å². The number of rotatable bonds is 28. The second kappa shape index (κ2) is 28.4. The van der Waals surface area contributed by atoms with Crippen molar-refractivity contribution in [3.63, 3.8) is 0 Å². The number of carbonyl (C=O) groups excluding carboxylic acids is 1. The van der Waals surface area contributed by atoms with E-state index in [4.69, 9.17) is 0 Å². The quantitative estimate of drug-likeness (QED) is 0.0476. The Morgan fingerprint density at radius 2 is 1.17 bits per heavy atom. The maximum atomic E-state index is 12.4. The first-order valence-electron chi connectivity index (χ1n) is 16.3. The molecule has 238 valence electrons. The summed E-state index contributed by atoms with van der Waals surface area (Å²) < 4.78 is 32.1. The van der Waals surface area contributed by atoms with Crippen LogP contribution in [-0.4, -0.2) is 41.9 Å². The molecule has 0 heterocycles. The Hall–Kier alpha value is -1.70. The highest BCUT2D eigenvalue weighted by molar-refractivity contribution is 7.85. The molecule has 3 N–H and O–H groups in total. The van der Waals surface area contributed by atoms with Gasteiger partial charge in [-0.3, -0.25) is 9.35 Å². The molecular weight excluding hydrogens is 534 g/mol. The Bertz CT molecular complexity index is 832. The standard InChI is InChI=1S/C34H61NO5S/c1-3-5-7-9-11-12-13-14-15-16-17-18-19-20-21-22-24-26-28-30-34(37)35-32(31-41(38,39)40)33(36)29-27-25-23-10-8-6-4-2/h8,10-12,14-15,27,29,32-33,36H,3-7,9,13,16-26,28,30-31H2,1-2H3,(H,35,37)(H,38,39,40)/b10-8+,12-11-,15-14-,29-27+. The number of carbonyl (C=O) groups is 1. The van der Waals surface area contributed by atoms with Crippen molar-refractivity contribution in [3.8, 4) is 0 Å². The lowest BCUT2D eigenvalue weighted by Crippen LogP contribution is -2.46. The van der Waals surface area contributed by atoms with Crippen LogP contribution in [0.5, 0.6) is 0 Å². The first-order chi connectivity index (χ1) is 19.8. The lowest BCUT2D eigenvalue weighted by Gasteiger charge is -2.21. The third-order valence-corrected chi connectivity index (χ3v) is 7.74. The Morgan fingerprint density at radius 1 is 0.659 bits per heavy atom. The maximum absolute atomic E-state index is 12.4. The van der Waals surface area contributed by atoms with Crippen molar-refractivity contribution in [2.45, 2.75) is 154 Å². The van der Waals surface area contributed by atoms with Gasteiger partial charge in [0.15, 0.2) is 0 Å². The molecule has 1 amide bonds. The molecule has 0 fully saturated rings. The van der Waals surface area contributed by atoms with Crippen LogP contribution in [-0.2, 0) is 14.9 Å². The summed E-state index contributed by atoms with van der Waals surface area (Å²) in [6.45, 7) is 4.35. The van der Waals surface area contributed by atoms with Crippen molar-refractivity contribution >= 4 is 16.0 Å². The molecule has 41 heavy (non-hydrogen) atoms. The van der Waals surface area contributed by atoms with E-state index in [1.807, 2.05) is 0 Å². The molecule has 6 nitrogen and oxygen atoms in total. The number of unbranched alkanes of at least 4 members (excludes halogenated alkanes) is 14. The molecule has 0 rings (SSSR count). The Kier molecular flexibility index (Phi) is 27.2. The molecule has 2 atom stereocenters. The van der Waals surface area contributed by atoms with Gasteiger partial charge in [0.2, 0.25) is 5.91 Å². The molecule has 0 radical (unpaired) electrons. The zero-order valence-electron chi connectivity index (χ0n) is 26.2. The van der Waals surface area contributed by atoms with Crippen molar-refractivity contribution < 1.29 is 22.9 Å². The van der Waals surface area contributed by atoms with Crippen LogP contribution >= 0.6 is 0 Å². The summed E-state index contributed by atoms with van der Waals surface area (Å²) in [6, 6.07) is -1.07. The van der Waals surface area contributed by atoms with Crippen molar-refractivity contribution in [1.29, 1.82) is 0 Å². The average molecular weight is 596 g/mol. The van der Waals surface area contributed by atoms with Crippen LogP contribution in [0.2, 0.25) is 0 Å². The Labute approximate surface area is 252 Å². The lowest BCUT2D eigenvalue weighted by atomic mass is 10.1. The lowest BCUT2D eigenvalue weighted by molar-refractivity contribution is -0.122. The first kappa shape index (κ1) is 39.3. The Morgan fingerprint density at radius 3 is 1.76 bits per heavy atom. The molecule has 7 heteroatoms. The molecule has 0 aliphatic heterocycles. The van der Waals surface area contributed by atoms with Crippen LogP contribution in [0.3, 0.4) is 0 Å². The summed E-state index contributed by atoms with van der Waals surface area (Å²) in [4.78, 5) is 12.4. The van der Waals surface area contributed by atoms with Gasteiger partial charge in [-0.15, -0.1) is 0 Å². The average Bonchev–Trinajstić information content (AvgIpc) is 2.92. The van der Waals surface area contributed by atoms with E-state index in [0.717, 1.165) is 51.4 Å². The monoisotopic (exact) mass is 595 g/mol. The van der Waals surface area contributed by atoms with Gasteiger partial charge in [-0.25, -0.2) is 0 Å². The fourth-order valence-electron chi connectivity index (χ4n) is 4.50. The molecule has 0 spiro atoms. The number of aliphatic hydroxyl groups excluding tert-OH is 1. The van der Waals surface area contributed by atoms with E-state index in [0.29, 0.717) is 6.42 Å². The van der Waals surface area contributed by atoms with E-state index in [1.165, 1.54) is 70.3 Å². The van der Waals surface area contributed by atoms with E-state index in [2.05, 4.69) is 55.6 Å². The van der Waals surface area contributed by atoms with Crippen molar-refractivity contribution in [3.05, 3.63) is 48.6 Å². The third-order valence-electron chi connectivity index (χ3n) is 6.96. The van der Waals surface area contributed by atoms with Crippen LogP contribution in [0.15, 0.2) is 48.6 Å². The highest BCUT2D eigenvalue weighted by Gasteiger charge is 2.24. The highest BCUT2D eigenvalue weighted by Crippen LogP contribution is 2.12. The van der Waals surface area contributed by atoms with Gasteiger partial charge in [0.05, 0.1) is 17.9 Å². The van der Waals surface area contributed by atoms with E-state index in [9.17, 15) is 22.9 Å². The minimum Gasteiger partial charge on any atom is -0.387 e. The maximum Gasteiger partial charge on any atom is 0.267 e. The number of hydrogen-bond acceptors (Lipinski definition) is 4. The summed E-state index contributed by atoms with van der Waals surface area (Å²) in [7, 11) is -4.34.